The molecule has 0 saturated heterocycles. The molecule has 6 heteroatoms. The number of alkyl halides is 3. The second-order valence-electron chi connectivity index (χ2n) is 3.31. The summed E-state index contributed by atoms with van der Waals surface area (Å²) in [6.45, 7) is 0. The summed E-state index contributed by atoms with van der Waals surface area (Å²) in [7, 11) is 0. The highest BCUT2D eigenvalue weighted by Crippen LogP contribution is 2.28. The lowest BCUT2D eigenvalue weighted by molar-refractivity contribution is -0.141. The smallest absolute Gasteiger partial charge is 0.237 e. The Kier molecular flexibility index (Phi) is 3.06. The van der Waals surface area contributed by atoms with Gasteiger partial charge in [-0.2, -0.15) is 13.2 Å². The third-order valence-electron chi connectivity index (χ3n) is 2.07. The highest BCUT2D eigenvalue weighted by molar-refractivity contribution is 7.80. The van der Waals surface area contributed by atoms with E-state index in [4.69, 9.17) is 0 Å². The third kappa shape index (κ3) is 2.76. The van der Waals surface area contributed by atoms with Crippen LogP contribution < -0.4 is 0 Å². The van der Waals surface area contributed by atoms with Crippen LogP contribution in [0.3, 0.4) is 0 Å². The molecule has 0 atom stereocenters. The highest BCUT2D eigenvalue weighted by Gasteiger charge is 2.32. The Morgan fingerprint density at radius 1 is 1.00 bits per heavy atom. The molecule has 2 rings (SSSR count). The highest BCUT2D eigenvalue weighted by atomic mass is 32.1. The molecule has 2 aromatic rings. The summed E-state index contributed by atoms with van der Waals surface area (Å²) in [5.74, 6) is 0.0492. The quantitative estimate of drug-likeness (QED) is 0.791. The van der Waals surface area contributed by atoms with Gasteiger partial charge in [0.2, 0.25) is 0 Å². The molecule has 17 heavy (non-hydrogen) atoms. The molecular formula is C11H7F3N2S. The van der Waals surface area contributed by atoms with Crippen molar-refractivity contribution in [3.8, 4) is 11.4 Å². The van der Waals surface area contributed by atoms with Gasteiger partial charge in [0, 0.05) is 16.7 Å². The summed E-state index contributed by atoms with van der Waals surface area (Å²) in [4.78, 5) is 8.02. The second kappa shape index (κ2) is 4.37. The first-order valence-corrected chi connectivity index (χ1v) is 5.11. The second-order valence-corrected chi connectivity index (χ2v) is 3.83. The zero-order valence-electron chi connectivity index (χ0n) is 8.44. The van der Waals surface area contributed by atoms with Crippen molar-refractivity contribution < 1.29 is 13.2 Å². The maximum atomic E-state index is 12.4. The van der Waals surface area contributed by atoms with E-state index >= 15 is 0 Å². The molecule has 0 aliphatic rings. The summed E-state index contributed by atoms with van der Waals surface area (Å²) >= 11 is 4.09. The minimum absolute atomic E-state index is 0.0492. The van der Waals surface area contributed by atoms with Crippen molar-refractivity contribution in [2.45, 2.75) is 11.1 Å². The van der Waals surface area contributed by atoms with E-state index in [0.717, 1.165) is 17.2 Å². The average molecular weight is 256 g/mol. The molecule has 0 radical (unpaired) electrons. The fourth-order valence-corrected chi connectivity index (χ4v) is 1.42. The van der Waals surface area contributed by atoms with E-state index in [1.807, 2.05) is 0 Å². The molecule has 1 aromatic heterocycles. The molecule has 0 saturated carbocycles. The van der Waals surface area contributed by atoms with E-state index in [0.29, 0.717) is 5.56 Å². The van der Waals surface area contributed by atoms with Gasteiger partial charge < -0.3 is 0 Å². The van der Waals surface area contributed by atoms with Gasteiger partial charge in [-0.05, 0) is 18.2 Å². The summed E-state index contributed by atoms with van der Waals surface area (Å²) < 4.78 is 37.3. The molecule has 0 aliphatic heterocycles. The molecule has 0 amide bonds. The number of rotatable bonds is 1. The molecule has 0 spiro atoms. The van der Waals surface area contributed by atoms with Crippen molar-refractivity contribution >= 4 is 12.6 Å². The SMILES string of the molecule is FC(F)(F)c1ccnc(-c2ccc(S)cc2)n1. The van der Waals surface area contributed by atoms with Crippen LogP contribution in [0.25, 0.3) is 11.4 Å². The van der Waals surface area contributed by atoms with Crippen molar-refractivity contribution in [1.82, 2.24) is 9.97 Å². The molecule has 0 unspecified atom stereocenters. The fourth-order valence-electron chi connectivity index (χ4n) is 1.27. The lowest BCUT2D eigenvalue weighted by Crippen LogP contribution is -2.08. The Morgan fingerprint density at radius 2 is 1.65 bits per heavy atom. The Hall–Kier alpha value is -1.56. The maximum Gasteiger partial charge on any atom is 0.433 e. The van der Waals surface area contributed by atoms with Gasteiger partial charge in [-0.25, -0.2) is 9.97 Å². The van der Waals surface area contributed by atoms with Gasteiger partial charge in [0.05, 0.1) is 0 Å². The van der Waals surface area contributed by atoms with Gasteiger partial charge in [-0.1, -0.05) is 12.1 Å². The van der Waals surface area contributed by atoms with Crippen molar-refractivity contribution in [3.05, 3.63) is 42.2 Å². The minimum atomic E-state index is -4.46. The number of thiol groups is 1. The fraction of sp³-hybridized carbons (Fsp3) is 0.0909. The number of hydrogen-bond donors (Lipinski definition) is 1. The van der Waals surface area contributed by atoms with Crippen LogP contribution in [0.5, 0.6) is 0 Å². The van der Waals surface area contributed by atoms with Crippen LogP contribution in [-0.4, -0.2) is 9.97 Å². The summed E-state index contributed by atoms with van der Waals surface area (Å²) in [5.41, 5.74) is -0.425. The first-order valence-electron chi connectivity index (χ1n) is 4.66. The lowest BCUT2D eigenvalue weighted by Gasteiger charge is -2.06. The Labute approximate surface area is 101 Å². The van der Waals surface area contributed by atoms with Gasteiger partial charge in [0.25, 0.3) is 0 Å². The molecule has 0 fully saturated rings. The van der Waals surface area contributed by atoms with Crippen LogP contribution in [0.15, 0.2) is 41.4 Å². The van der Waals surface area contributed by atoms with Gasteiger partial charge in [-0.3, -0.25) is 0 Å². The molecule has 0 bridgehead atoms. The van der Waals surface area contributed by atoms with Gasteiger partial charge >= 0.3 is 6.18 Å². The Morgan fingerprint density at radius 3 is 2.24 bits per heavy atom. The maximum absolute atomic E-state index is 12.4. The van der Waals surface area contributed by atoms with E-state index in [2.05, 4.69) is 22.6 Å². The van der Waals surface area contributed by atoms with Crippen LogP contribution in [0.1, 0.15) is 5.69 Å². The van der Waals surface area contributed by atoms with Crippen molar-refractivity contribution in [3.63, 3.8) is 0 Å². The first-order chi connectivity index (χ1) is 7.97. The lowest BCUT2D eigenvalue weighted by atomic mass is 10.2. The monoisotopic (exact) mass is 256 g/mol. The van der Waals surface area contributed by atoms with Gasteiger partial charge in [0.15, 0.2) is 5.82 Å². The Bertz CT molecular complexity index is 523. The van der Waals surface area contributed by atoms with E-state index in [9.17, 15) is 13.2 Å². The van der Waals surface area contributed by atoms with Crippen LogP contribution >= 0.6 is 12.6 Å². The standard InChI is InChI=1S/C11H7F3N2S/c12-11(13,14)9-5-6-15-10(16-9)7-1-3-8(17)4-2-7/h1-6,17H. The van der Waals surface area contributed by atoms with Gasteiger partial charge in [0.1, 0.15) is 5.69 Å². The summed E-state index contributed by atoms with van der Waals surface area (Å²) in [6, 6.07) is 7.43. The number of aromatic nitrogens is 2. The third-order valence-corrected chi connectivity index (χ3v) is 2.37. The van der Waals surface area contributed by atoms with Crippen molar-refractivity contribution in [1.29, 1.82) is 0 Å². The zero-order chi connectivity index (χ0) is 12.5. The number of halogens is 3. The zero-order valence-corrected chi connectivity index (χ0v) is 9.33. The normalized spacial score (nSPS) is 11.5. The molecule has 1 heterocycles. The predicted octanol–water partition coefficient (Wildman–Crippen LogP) is 3.45. The van der Waals surface area contributed by atoms with Crippen molar-refractivity contribution in [2.75, 3.05) is 0 Å². The predicted molar refractivity (Wildman–Crippen MR) is 59.7 cm³/mol. The summed E-state index contributed by atoms with van der Waals surface area (Å²) in [6.07, 6.45) is -3.36. The van der Waals surface area contributed by atoms with E-state index in [-0.39, 0.29) is 5.82 Å². The largest absolute Gasteiger partial charge is 0.433 e. The molecule has 0 N–H and O–H groups in total. The number of hydrogen-bond acceptors (Lipinski definition) is 3. The topological polar surface area (TPSA) is 25.8 Å². The summed E-state index contributed by atoms with van der Waals surface area (Å²) in [5, 5.41) is 0. The first kappa shape index (κ1) is 11.9. The average Bonchev–Trinajstić information content (AvgIpc) is 2.29. The minimum Gasteiger partial charge on any atom is -0.237 e. The molecular weight excluding hydrogens is 249 g/mol. The van der Waals surface area contributed by atoms with E-state index < -0.39 is 11.9 Å². The van der Waals surface area contributed by atoms with Crippen LogP contribution in [-0.2, 0) is 6.18 Å². The molecule has 1 aromatic carbocycles. The molecule has 2 nitrogen and oxygen atoms in total. The van der Waals surface area contributed by atoms with Crippen LogP contribution in [0.2, 0.25) is 0 Å². The van der Waals surface area contributed by atoms with Crippen LogP contribution in [0.4, 0.5) is 13.2 Å². The van der Waals surface area contributed by atoms with Gasteiger partial charge in [-0.15, -0.1) is 12.6 Å². The molecule has 0 aliphatic carbocycles. The Balaban J connectivity index is 2.43. The van der Waals surface area contributed by atoms with Crippen molar-refractivity contribution in [2.24, 2.45) is 0 Å². The number of nitrogens with zero attached hydrogens (tertiary/aromatic N) is 2. The molecule has 88 valence electrons. The van der Waals surface area contributed by atoms with E-state index in [1.54, 1.807) is 24.3 Å². The van der Waals surface area contributed by atoms with E-state index in [1.165, 1.54) is 0 Å². The van der Waals surface area contributed by atoms with Crippen LogP contribution in [0, 0.1) is 0 Å². The number of benzene rings is 1.